The normalized spacial score (nSPS) is 29.5. The lowest BCUT2D eigenvalue weighted by Crippen LogP contribution is -2.48. The van der Waals surface area contributed by atoms with Crippen LogP contribution in [0.1, 0.15) is 44.6 Å². The summed E-state index contributed by atoms with van der Waals surface area (Å²) in [5.41, 5.74) is 0. The van der Waals surface area contributed by atoms with E-state index in [-0.39, 0.29) is 17.2 Å². The molecule has 5 nitrogen and oxygen atoms in total. The van der Waals surface area contributed by atoms with Crippen molar-refractivity contribution in [1.29, 1.82) is 0 Å². The van der Waals surface area contributed by atoms with E-state index in [9.17, 15) is 4.79 Å². The van der Waals surface area contributed by atoms with E-state index in [2.05, 4.69) is 14.8 Å². The number of carbonyl (C=O) groups is 1. The molecule has 4 rings (SSSR count). The van der Waals surface area contributed by atoms with Gasteiger partial charge in [-0.05, 0) is 43.2 Å². The molecule has 1 aromatic heterocycles. The molecular formula is C14H20N4OS2. The largest absolute Gasteiger partial charge is 0.281 e. The number of H-pyrrole nitrogens is 1. The van der Waals surface area contributed by atoms with Gasteiger partial charge >= 0.3 is 0 Å². The van der Waals surface area contributed by atoms with E-state index in [0.717, 1.165) is 24.7 Å². The standard InChI is InChI=1S/C14H20N4OS2/c19-12-11-10(6-7-21-11)18-13(15-16-14(18)20)17(12)8-9-4-2-1-3-5-9/h9-11H,1-8H2,(H,16,20). The van der Waals surface area contributed by atoms with E-state index in [4.69, 9.17) is 12.2 Å². The summed E-state index contributed by atoms with van der Waals surface area (Å²) in [5.74, 6) is 2.64. The predicted molar refractivity (Wildman–Crippen MR) is 86.2 cm³/mol. The maximum Gasteiger partial charge on any atom is 0.244 e. The van der Waals surface area contributed by atoms with Crippen molar-refractivity contribution >= 4 is 35.8 Å². The third kappa shape index (κ3) is 2.25. The van der Waals surface area contributed by atoms with Crippen molar-refractivity contribution in [3.63, 3.8) is 0 Å². The smallest absolute Gasteiger partial charge is 0.244 e. The number of aromatic nitrogens is 3. The highest BCUT2D eigenvalue weighted by Gasteiger charge is 2.45. The topological polar surface area (TPSA) is 53.9 Å². The first-order valence-electron chi connectivity index (χ1n) is 7.85. The number of aromatic amines is 1. The van der Waals surface area contributed by atoms with Gasteiger partial charge in [0.15, 0.2) is 4.77 Å². The van der Waals surface area contributed by atoms with Gasteiger partial charge in [-0.1, -0.05) is 19.3 Å². The molecule has 0 aromatic carbocycles. The molecule has 0 radical (unpaired) electrons. The van der Waals surface area contributed by atoms with Crippen LogP contribution in [-0.4, -0.2) is 38.2 Å². The van der Waals surface area contributed by atoms with E-state index < -0.39 is 0 Å². The number of nitrogens with zero attached hydrogens (tertiary/aromatic N) is 3. The zero-order chi connectivity index (χ0) is 14.4. The molecule has 1 aromatic rings. The van der Waals surface area contributed by atoms with Gasteiger partial charge in [-0.15, -0.1) is 16.9 Å². The van der Waals surface area contributed by atoms with Crippen molar-refractivity contribution in [2.24, 2.45) is 5.92 Å². The molecule has 1 saturated heterocycles. The fraction of sp³-hybridized carbons (Fsp3) is 0.786. The fourth-order valence-corrected chi connectivity index (χ4v) is 5.56. The van der Waals surface area contributed by atoms with Crippen molar-refractivity contribution < 1.29 is 4.79 Å². The summed E-state index contributed by atoms with van der Waals surface area (Å²) in [6, 6.07) is 0.200. The Morgan fingerprint density at radius 3 is 2.90 bits per heavy atom. The van der Waals surface area contributed by atoms with Gasteiger partial charge in [0.1, 0.15) is 5.25 Å². The Labute approximate surface area is 133 Å². The minimum Gasteiger partial charge on any atom is -0.281 e. The molecule has 1 amide bonds. The second-order valence-electron chi connectivity index (χ2n) is 6.30. The Kier molecular flexibility index (Phi) is 3.57. The second-order valence-corrected chi connectivity index (χ2v) is 7.94. The highest BCUT2D eigenvalue weighted by Crippen LogP contribution is 2.43. The molecule has 3 heterocycles. The van der Waals surface area contributed by atoms with Gasteiger partial charge in [-0.2, -0.15) is 0 Å². The van der Waals surface area contributed by atoms with Crippen molar-refractivity contribution in [3.8, 4) is 0 Å². The molecule has 0 bridgehead atoms. The Bertz CT molecular complexity index is 604. The zero-order valence-corrected chi connectivity index (χ0v) is 13.6. The number of thioether (sulfide) groups is 1. The molecule has 2 unspecified atom stereocenters. The number of anilines is 1. The van der Waals surface area contributed by atoms with Gasteiger partial charge in [0.05, 0.1) is 6.04 Å². The molecular weight excluding hydrogens is 304 g/mol. The monoisotopic (exact) mass is 324 g/mol. The van der Waals surface area contributed by atoms with Crippen molar-refractivity contribution in [3.05, 3.63) is 4.77 Å². The lowest BCUT2D eigenvalue weighted by Gasteiger charge is -2.36. The van der Waals surface area contributed by atoms with E-state index in [0.29, 0.717) is 10.7 Å². The van der Waals surface area contributed by atoms with E-state index >= 15 is 0 Å². The quantitative estimate of drug-likeness (QED) is 0.850. The maximum atomic E-state index is 12.9. The van der Waals surface area contributed by atoms with Crippen LogP contribution in [0.25, 0.3) is 0 Å². The molecule has 0 spiro atoms. The minimum absolute atomic E-state index is 0.0328. The number of nitrogens with one attached hydrogen (secondary N) is 1. The Morgan fingerprint density at radius 1 is 1.29 bits per heavy atom. The van der Waals surface area contributed by atoms with Gasteiger partial charge < -0.3 is 0 Å². The lowest BCUT2D eigenvalue weighted by molar-refractivity contribution is -0.119. The molecule has 2 aliphatic heterocycles. The molecule has 1 saturated carbocycles. The summed E-state index contributed by atoms with van der Waals surface area (Å²) >= 11 is 7.17. The molecule has 114 valence electrons. The summed E-state index contributed by atoms with van der Waals surface area (Å²) < 4.78 is 2.74. The van der Waals surface area contributed by atoms with Gasteiger partial charge in [0.2, 0.25) is 11.9 Å². The number of rotatable bonds is 2. The van der Waals surface area contributed by atoms with Gasteiger partial charge in [0, 0.05) is 6.54 Å². The van der Waals surface area contributed by atoms with Crippen LogP contribution >= 0.6 is 24.0 Å². The molecule has 2 fully saturated rings. The summed E-state index contributed by atoms with van der Waals surface area (Å²) in [7, 11) is 0. The number of carbonyl (C=O) groups excluding carboxylic acids is 1. The Hall–Kier alpha value is -0.820. The predicted octanol–water partition coefficient (Wildman–Crippen LogP) is 2.91. The van der Waals surface area contributed by atoms with Gasteiger partial charge in [-0.25, -0.2) is 5.10 Å². The molecule has 7 heteroatoms. The first-order chi connectivity index (χ1) is 10.3. The van der Waals surface area contributed by atoms with Crippen LogP contribution in [0.4, 0.5) is 5.95 Å². The third-order valence-corrected chi connectivity index (χ3v) is 6.63. The van der Waals surface area contributed by atoms with E-state index in [1.54, 1.807) is 11.8 Å². The van der Waals surface area contributed by atoms with Crippen LogP contribution in [0.3, 0.4) is 0 Å². The average molecular weight is 324 g/mol. The van der Waals surface area contributed by atoms with Gasteiger partial charge in [0.25, 0.3) is 0 Å². The zero-order valence-electron chi connectivity index (χ0n) is 12.0. The molecule has 3 aliphatic rings. The summed E-state index contributed by atoms with van der Waals surface area (Å²) in [5, 5.41) is 7.28. The highest BCUT2D eigenvalue weighted by atomic mass is 32.2. The third-order valence-electron chi connectivity index (χ3n) is 4.99. The van der Waals surface area contributed by atoms with E-state index in [1.165, 1.54) is 32.1 Å². The van der Waals surface area contributed by atoms with Crippen LogP contribution in [0.15, 0.2) is 0 Å². The molecule has 1 aliphatic carbocycles. The van der Waals surface area contributed by atoms with Crippen LogP contribution in [-0.2, 0) is 4.79 Å². The average Bonchev–Trinajstić information content (AvgIpc) is 3.11. The molecule has 2 atom stereocenters. The Balaban J connectivity index is 1.67. The number of hydrogen-bond donors (Lipinski definition) is 1. The maximum absolute atomic E-state index is 12.9. The van der Waals surface area contributed by atoms with Crippen LogP contribution in [0, 0.1) is 10.7 Å². The molecule has 21 heavy (non-hydrogen) atoms. The van der Waals surface area contributed by atoms with Crippen LogP contribution in [0.2, 0.25) is 0 Å². The highest BCUT2D eigenvalue weighted by molar-refractivity contribution is 8.00. The summed E-state index contributed by atoms with van der Waals surface area (Å²) in [6.45, 7) is 0.808. The van der Waals surface area contributed by atoms with E-state index in [1.807, 2.05) is 4.90 Å². The van der Waals surface area contributed by atoms with Crippen molar-refractivity contribution in [1.82, 2.24) is 14.8 Å². The minimum atomic E-state index is 0.0328. The van der Waals surface area contributed by atoms with Crippen LogP contribution in [0.5, 0.6) is 0 Å². The van der Waals surface area contributed by atoms with Gasteiger partial charge in [-0.3, -0.25) is 14.3 Å². The SMILES string of the molecule is O=C1C2SCCC2n2c(n[nH]c2=S)N1CC1CCCCC1. The fourth-order valence-electron chi connectivity index (χ4n) is 3.92. The summed E-state index contributed by atoms with van der Waals surface area (Å²) in [4.78, 5) is 14.8. The second kappa shape index (κ2) is 5.43. The molecule has 1 N–H and O–H groups in total. The lowest BCUT2D eigenvalue weighted by atomic mass is 9.88. The summed E-state index contributed by atoms with van der Waals surface area (Å²) in [6.07, 6.45) is 7.40. The number of fused-ring (bicyclic) bond motifs is 3. The van der Waals surface area contributed by atoms with Crippen molar-refractivity contribution in [2.45, 2.75) is 49.8 Å². The Morgan fingerprint density at radius 2 is 2.10 bits per heavy atom. The van der Waals surface area contributed by atoms with Crippen molar-refractivity contribution in [2.75, 3.05) is 17.2 Å². The van der Waals surface area contributed by atoms with Crippen LogP contribution < -0.4 is 4.90 Å². The first-order valence-corrected chi connectivity index (χ1v) is 9.31. The first kappa shape index (κ1) is 13.8. The number of hydrogen-bond acceptors (Lipinski definition) is 4. The number of amides is 1.